The fourth-order valence-corrected chi connectivity index (χ4v) is 4.76. The number of aromatic hydroxyl groups is 1. The SMILES string of the molecule is COc1c(OCC2CCN(C)CC2)cc2c(c(-c3ccc(O)c(C)c3)nc3n[nH]c(C)c32)c1F. The Morgan fingerprint density at radius 1 is 1.18 bits per heavy atom. The van der Waals surface area contributed by atoms with E-state index < -0.39 is 5.82 Å². The lowest BCUT2D eigenvalue weighted by Gasteiger charge is -2.29. The molecule has 2 N–H and O–H groups in total. The Bertz CT molecular complexity index is 1380. The Morgan fingerprint density at radius 3 is 2.65 bits per heavy atom. The van der Waals surface area contributed by atoms with Crippen molar-refractivity contribution in [3.63, 3.8) is 0 Å². The molecule has 0 atom stereocenters. The van der Waals surface area contributed by atoms with Crippen LogP contribution in [0.25, 0.3) is 33.1 Å². The van der Waals surface area contributed by atoms with E-state index in [0.29, 0.717) is 51.5 Å². The lowest BCUT2D eigenvalue weighted by molar-refractivity contribution is 0.157. The molecule has 7 nitrogen and oxygen atoms in total. The van der Waals surface area contributed by atoms with Gasteiger partial charge in [0.1, 0.15) is 5.75 Å². The highest BCUT2D eigenvalue weighted by atomic mass is 19.1. The molecule has 0 bridgehead atoms. The number of fused-ring (bicyclic) bond motifs is 3. The Balaban J connectivity index is 1.68. The number of aryl methyl sites for hydroxylation is 2. The molecular formula is C26H29FN4O3. The zero-order valence-corrected chi connectivity index (χ0v) is 19.9. The van der Waals surface area contributed by atoms with Crippen LogP contribution in [0.3, 0.4) is 0 Å². The number of nitrogens with zero attached hydrogens (tertiary/aromatic N) is 3. The maximum atomic E-state index is 16.1. The highest BCUT2D eigenvalue weighted by molar-refractivity contribution is 6.12. The first-order chi connectivity index (χ1) is 16.4. The number of hydrogen-bond acceptors (Lipinski definition) is 6. The standard InChI is InChI=1S/C26H29FN4O3/c1-14-11-17(5-6-19(14)32)24-22-18(21-15(2)29-30-26(21)28-24)12-20(25(33-4)23(22)27)34-13-16-7-9-31(3)10-8-16/h5-6,11-12,16,32H,7-10,13H2,1-4H3,(H,28,29,30). The molecule has 5 rings (SSSR count). The molecule has 4 aromatic rings. The van der Waals surface area contributed by atoms with Gasteiger partial charge in [-0.2, -0.15) is 5.10 Å². The highest BCUT2D eigenvalue weighted by Gasteiger charge is 2.25. The monoisotopic (exact) mass is 464 g/mol. The van der Waals surface area contributed by atoms with E-state index in [1.165, 1.54) is 7.11 Å². The predicted octanol–water partition coefficient (Wildman–Crippen LogP) is 4.97. The van der Waals surface area contributed by atoms with E-state index in [1.54, 1.807) is 25.1 Å². The second-order valence-electron chi connectivity index (χ2n) is 9.21. The third kappa shape index (κ3) is 3.81. The Kier molecular flexibility index (Phi) is 5.77. The molecule has 1 saturated heterocycles. The van der Waals surface area contributed by atoms with Crippen molar-refractivity contribution in [2.45, 2.75) is 26.7 Å². The smallest absolute Gasteiger partial charge is 0.197 e. The van der Waals surface area contributed by atoms with E-state index in [0.717, 1.165) is 37.0 Å². The first-order valence-electron chi connectivity index (χ1n) is 11.5. The molecule has 0 aliphatic carbocycles. The summed E-state index contributed by atoms with van der Waals surface area (Å²) in [6.07, 6.45) is 2.10. The Morgan fingerprint density at radius 2 is 1.94 bits per heavy atom. The van der Waals surface area contributed by atoms with Gasteiger partial charge >= 0.3 is 0 Å². The summed E-state index contributed by atoms with van der Waals surface area (Å²) in [5.41, 5.74) is 3.10. The number of aromatic nitrogens is 3. The van der Waals surface area contributed by atoms with Crippen LogP contribution in [0.15, 0.2) is 24.3 Å². The molecule has 1 fully saturated rings. The zero-order valence-electron chi connectivity index (χ0n) is 19.9. The molecule has 1 aliphatic heterocycles. The molecule has 0 saturated carbocycles. The van der Waals surface area contributed by atoms with E-state index in [1.807, 2.05) is 13.0 Å². The number of pyridine rings is 1. The van der Waals surface area contributed by atoms with Crippen LogP contribution in [0.2, 0.25) is 0 Å². The van der Waals surface area contributed by atoms with Crippen molar-refractivity contribution in [1.82, 2.24) is 20.1 Å². The molecule has 0 spiro atoms. The van der Waals surface area contributed by atoms with Gasteiger partial charge in [-0.15, -0.1) is 0 Å². The van der Waals surface area contributed by atoms with Gasteiger partial charge in [-0.05, 0) is 82.6 Å². The van der Waals surface area contributed by atoms with Crippen molar-refractivity contribution in [3.05, 3.63) is 41.3 Å². The minimum absolute atomic E-state index is 0.0690. The molecule has 2 aromatic heterocycles. The third-order valence-electron chi connectivity index (χ3n) is 6.83. The van der Waals surface area contributed by atoms with Crippen LogP contribution in [-0.4, -0.2) is 59.0 Å². The Hall–Kier alpha value is -3.39. The number of rotatable bonds is 5. The summed E-state index contributed by atoms with van der Waals surface area (Å²) < 4.78 is 27.8. The number of nitrogens with one attached hydrogen (secondary N) is 1. The van der Waals surface area contributed by atoms with E-state index >= 15 is 4.39 Å². The fraction of sp³-hybridized carbons (Fsp3) is 0.385. The maximum Gasteiger partial charge on any atom is 0.197 e. The molecule has 1 aliphatic rings. The van der Waals surface area contributed by atoms with Crippen LogP contribution < -0.4 is 9.47 Å². The molecule has 0 amide bonds. The number of piperidine rings is 1. The van der Waals surface area contributed by atoms with Crippen LogP contribution in [0, 0.1) is 25.6 Å². The minimum Gasteiger partial charge on any atom is -0.508 e. The van der Waals surface area contributed by atoms with Gasteiger partial charge in [0.2, 0.25) is 0 Å². The maximum absolute atomic E-state index is 16.1. The lowest BCUT2D eigenvalue weighted by atomic mass is 9.97. The predicted molar refractivity (Wildman–Crippen MR) is 130 cm³/mol. The van der Waals surface area contributed by atoms with E-state index in [4.69, 9.17) is 14.5 Å². The first kappa shape index (κ1) is 22.4. The van der Waals surface area contributed by atoms with Crippen LogP contribution in [0.5, 0.6) is 17.2 Å². The third-order valence-corrected chi connectivity index (χ3v) is 6.83. The second-order valence-corrected chi connectivity index (χ2v) is 9.21. The van der Waals surface area contributed by atoms with E-state index in [9.17, 15) is 5.11 Å². The molecule has 34 heavy (non-hydrogen) atoms. The summed E-state index contributed by atoms with van der Waals surface area (Å²) in [4.78, 5) is 7.00. The number of hydrogen-bond donors (Lipinski definition) is 2. The van der Waals surface area contributed by atoms with E-state index in [-0.39, 0.29) is 11.5 Å². The van der Waals surface area contributed by atoms with Gasteiger partial charge in [0.15, 0.2) is 23.0 Å². The van der Waals surface area contributed by atoms with Crippen LogP contribution in [0.4, 0.5) is 4.39 Å². The van der Waals surface area contributed by atoms with Gasteiger partial charge in [-0.25, -0.2) is 9.37 Å². The summed E-state index contributed by atoms with van der Waals surface area (Å²) in [6.45, 7) is 6.27. The van der Waals surface area contributed by atoms with Crippen molar-refractivity contribution in [2.24, 2.45) is 5.92 Å². The topological polar surface area (TPSA) is 83.5 Å². The minimum atomic E-state index is -0.519. The molecule has 2 aromatic carbocycles. The quantitative estimate of drug-likeness (QED) is 0.434. The van der Waals surface area contributed by atoms with Gasteiger partial charge in [0, 0.05) is 27.4 Å². The average Bonchev–Trinajstić information content (AvgIpc) is 3.20. The van der Waals surface area contributed by atoms with Gasteiger partial charge in [0.25, 0.3) is 0 Å². The summed E-state index contributed by atoms with van der Waals surface area (Å²) in [7, 11) is 3.57. The number of halogens is 1. The first-order valence-corrected chi connectivity index (χ1v) is 11.5. The normalized spacial score (nSPS) is 15.3. The average molecular weight is 465 g/mol. The van der Waals surface area contributed by atoms with Crippen LogP contribution >= 0.6 is 0 Å². The number of phenols is 1. The number of phenolic OH excluding ortho intramolecular Hbond substituents is 1. The highest BCUT2D eigenvalue weighted by Crippen LogP contribution is 2.43. The van der Waals surface area contributed by atoms with Crippen molar-refractivity contribution in [2.75, 3.05) is 33.9 Å². The van der Waals surface area contributed by atoms with Crippen molar-refractivity contribution in [1.29, 1.82) is 0 Å². The number of H-pyrrole nitrogens is 1. The molecule has 3 heterocycles. The fourth-order valence-electron chi connectivity index (χ4n) is 4.76. The van der Waals surface area contributed by atoms with Crippen molar-refractivity contribution < 1.29 is 19.0 Å². The van der Waals surface area contributed by atoms with Crippen molar-refractivity contribution in [3.8, 4) is 28.5 Å². The number of ether oxygens (including phenoxy) is 2. The van der Waals surface area contributed by atoms with Gasteiger partial charge in [-0.1, -0.05) is 0 Å². The van der Waals surface area contributed by atoms with Gasteiger partial charge < -0.3 is 19.5 Å². The number of methoxy groups -OCH3 is 1. The summed E-state index contributed by atoms with van der Waals surface area (Å²) in [6, 6.07) is 6.95. The summed E-state index contributed by atoms with van der Waals surface area (Å²) in [5, 5.41) is 19.0. The van der Waals surface area contributed by atoms with Crippen LogP contribution in [0.1, 0.15) is 24.1 Å². The lowest BCUT2D eigenvalue weighted by Crippen LogP contribution is -2.32. The van der Waals surface area contributed by atoms with Crippen molar-refractivity contribution >= 4 is 21.8 Å². The van der Waals surface area contributed by atoms with Crippen LogP contribution in [-0.2, 0) is 0 Å². The molecule has 0 radical (unpaired) electrons. The molecule has 0 unspecified atom stereocenters. The molecule has 8 heteroatoms. The molecule has 178 valence electrons. The van der Waals surface area contributed by atoms with Gasteiger partial charge in [0.05, 0.1) is 19.4 Å². The van der Waals surface area contributed by atoms with E-state index in [2.05, 4.69) is 22.1 Å². The van der Waals surface area contributed by atoms with Gasteiger partial charge in [-0.3, -0.25) is 5.10 Å². The largest absolute Gasteiger partial charge is 0.508 e. The molecular weight excluding hydrogens is 435 g/mol. The second kappa shape index (κ2) is 8.76. The number of benzene rings is 2. The summed E-state index contributed by atoms with van der Waals surface area (Å²) >= 11 is 0. The Labute approximate surface area is 197 Å². The summed E-state index contributed by atoms with van der Waals surface area (Å²) in [5.74, 6) is 0.525. The zero-order chi connectivity index (χ0) is 24.0. The number of aromatic amines is 1. The number of likely N-dealkylation sites (tertiary alicyclic amines) is 1.